The van der Waals surface area contributed by atoms with Crippen molar-refractivity contribution in [3.8, 4) is 0 Å². The van der Waals surface area contributed by atoms with E-state index in [1.165, 1.54) is 22.0 Å². The molecule has 2 amide bonds. The number of pyridine rings is 1. The van der Waals surface area contributed by atoms with Crippen LogP contribution in [0.2, 0.25) is 0 Å². The van der Waals surface area contributed by atoms with Gasteiger partial charge in [0.05, 0.1) is 4.90 Å². The molecule has 0 aliphatic carbocycles. The fraction of sp³-hybridized carbons (Fsp3) is 0.217. The minimum Gasteiger partial charge on any atom is -0.384 e. The van der Waals surface area contributed by atoms with E-state index in [4.69, 9.17) is 0 Å². The third kappa shape index (κ3) is 6.53. The third-order valence-corrected chi connectivity index (χ3v) is 6.67. The largest absolute Gasteiger partial charge is 0.384 e. The molecule has 0 unspecified atom stereocenters. The standard InChI is InChI=1S/C23H27N5O3S/c1-18-5-7-20(8-6-18)25-14-15-28(2)32(30,31)22-11-9-21(10-12-22)27-23(29)26-17-19-4-3-13-24-16-19/h3-13,16,25H,14-15,17H2,1-2H3,(H2,26,27,29). The smallest absolute Gasteiger partial charge is 0.319 e. The maximum absolute atomic E-state index is 12.8. The summed E-state index contributed by atoms with van der Waals surface area (Å²) in [6, 6.07) is 17.3. The number of aryl methyl sites for hydroxylation is 1. The van der Waals surface area contributed by atoms with Crippen LogP contribution < -0.4 is 16.0 Å². The molecule has 8 nitrogen and oxygen atoms in total. The molecule has 0 fully saturated rings. The number of urea groups is 1. The Balaban J connectivity index is 1.50. The van der Waals surface area contributed by atoms with Crippen LogP contribution in [0.25, 0.3) is 0 Å². The van der Waals surface area contributed by atoms with Crippen molar-refractivity contribution in [1.82, 2.24) is 14.6 Å². The lowest BCUT2D eigenvalue weighted by molar-refractivity contribution is 0.251. The summed E-state index contributed by atoms with van der Waals surface area (Å²) in [6.45, 7) is 3.15. The molecule has 3 N–H and O–H groups in total. The average Bonchev–Trinajstić information content (AvgIpc) is 2.80. The minimum absolute atomic E-state index is 0.164. The van der Waals surface area contributed by atoms with Gasteiger partial charge in [-0.1, -0.05) is 23.8 Å². The molecule has 0 aliphatic rings. The molecule has 9 heteroatoms. The summed E-state index contributed by atoms with van der Waals surface area (Å²) in [5, 5.41) is 8.63. The van der Waals surface area contributed by atoms with Crippen molar-refractivity contribution < 1.29 is 13.2 Å². The molecule has 0 saturated heterocycles. The van der Waals surface area contributed by atoms with Gasteiger partial charge in [0.2, 0.25) is 10.0 Å². The maximum Gasteiger partial charge on any atom is 0.319 e. The van der Waals surface area contributed by atoms with Gasteiger partial charge in [-0.25, -0.2) is 13.2 Å². The lowest BCUT2D eigenvalue weighted by atomic mass is 10.2. The van der Waals surface area contributed by atoms with E-state index in [2.05, 4.69) is 20.9 Å². The third-order valence-electron chi connectivity index (χ3n) is 4.80. The van der Waals surface area contributed by atoms with Gasteiger partial charge in [0.15, 0.2) is 0 Å². The number of rotatable bonds is 9. The number of hydrogen-bond acceptors (Lipinski definition) is 5. The highest BCUT2D eigenvalue weighted by Gasteiger charge is 2.20. The van der Waals surface area contributed by atoms with Crippen molar-refractivity contribution in [2.24, 2.45) is 0 Å². The van der Waals surface area contributed by atoms with Crippen LogP contribution in [-0.2, 0) is 16.6 Å². The second-order valence-electron chi connectivity index (χ2n) is 7.31. The Labute approximate surface area is 188 Å². The zero-order valence-corrected chi connectivity index (χ0v) is 18.9. The average molecular weight is 454 g/mol. The zero-order chi connectivity index (χ0) is 23.0. The number of carbonyl (C=O) groups is 1. The van der Waals surface area contributed by atoms with E-state index < -0.39 is 10.0 Å². The number of carbonyl (C=O) groups excluding carboxylic acids is 1. The van der Waals surface area contributed by atoms with E-state index in [0.29, 0.717) is 25.3 Å². The number of nitrogens with one attached hydrogen (secondary N) is 3. The Morgan fingerprint density at radius 2 is 1.69 bits per heavy atom. The second-order valence-corrected chi connectivity index (χ2v) is 9.36. The first-order valence-corrected chi connectivity index (χ1v) is 11.6. The van der Waals surface area contributed by atoms with E-state index in [1.54, 1.807) is 37.6 Å². The molecule has 3 rings (SSSR count). The molecule has 0 bridgehead atoms. The summed E-state index contributed by atoms with van der Waals surface area (Å²) in [4.78, 5) is 16.2. The molecule has 1 heterocycles. The van der Waals surface area contributed by atoms with Crippen LogP contribution in [0.15, 0.2) is 78.0 Å². The zero-order valence-electron chi connectivity index (χ0n) is 18.1. The number of aromatic nitrogens is 1. The number of hydrogen-bond donors (Lipinski definition) is 3. The van der Waals surface area contributed by atoms with Gasteiger partial charge in [-0.05, 0) is 55.0 Å². The normalized spacial score (nSPS) is 11.2. The van der Waals surface area contributed by atoms with Crippen molar-refractivity contribution in [3.63, 3.8) is 0 Å². The predicted octanol–water partition coefficient (Wildman–Crippen LogP) is 3.44. The number of anilines is 2. The predicted molar refractivity (Wildman–Crippen MR) is 126 cm³/mol. The summed E-state index contributed by atoms with van der Waals surface area (Å²) >= 11 is 0. The van der Waals surface area contributed by atoms with Crippen LogP contribution >= 0.6 is 0 Å². The molecule has 1 aromatic heterocycles. The Kier molecular flexibility index (Phi) is 7.80. The van der Waals surface area contributed by atoms with Gasteiger partial charge < -0.3 is 16.0 Å². The first-order valence-electron chi connectivity index (χ1n) is 10.2. The van der Waals surface area contributed by atoms with Crippen LogP contribution in [0.3, 0.4) is 0 Å². The Morgan fingerprint density at radius 1 is 1.00 bits per heavy atom. The van der Waals surface area contributed by atoms with Crippen molar-refractivity contribution in [3.05, 3.63) is 84.2 Å². The highest BCUT2D eigenvalue weighted by molar-refractivity contribution is 7.89. The van der Waals surface area contributed by atoms with Gasteiger partial charge in [0.1, 0.15) is 0 Å². The Morgan fingerprint density at radius 3 is 2.34 bits per heavy atom. The van der Waals surface area contributed by atoms with Crippen LogP contribution in [0.5, 0.6) is 0 Å². The summed E-state index contributed by atoms with van der Waals surface area (Å²) in [7, 11) is -2.09. The molecular weight excluding hydrogens is 426 g/mol. The number of amides is 2. The molecule has 0 atom stereocenters. The number of sulfonamides is 1. The highest BCUT2D eigenvalue weighted by Crippen LogP contribution is 2.17. The molecule has 0 saturated carbocycles. The maximum atomic E-state index is 12.8. The molecule has 0 radical (unpaired) electrons. The lowest BCUT2D eigenvalue weighted by Crippen LogP contribution is -2.31. The van der Waals surface area contributed by atoms with E-state index in [9.17, 15) is 13.2 Å². The summed E-state index contributed by atoms with van der Waals surface area (Å²) in [5.41, 5.74) is 3.48. The number of nitrogens with zero attached hydrogens (tertiary/aromatic N) is 2. The van der Waals surface area contributed by atoms with Crippen LogP contribution in [-0.4, -0.2) is 43.9 Å². The molecule has 0 spiro atoms. The van der Waals surface area contributed by atoms with E-state index in [-0.39, 0.29) is 10.9 Å². The molecule has 3 aromatic rings. The van der Waals surface area contributed by atoms with Crippen LogP contribution in [0, 0.1) is 6.92 Å². The van der Waals surface area contributed by atoms with Crippen molar-refractivity contribution in [2.45, 2.75) is 18.4 Å². The van der Waals surface area contributed by atoms with E-state index in [0.717, 1.165) is 11.3 Å². The van der Waals surface area contributed by atoms with Crippen molar-refractivity contribution in [2.75, 3.05) is 30.8 Å². The molecule has 2 aromatic carbocycles. The van der Waals surface area contributed by atoms with E-state index in [1.807, 2.05) is 37.3 Å². The quantitative estimate of drug-likeness (QED) is 0.460. The first kappa shape index (κ1) is 23.2. The van der Waals surface area contributed by atoms with Gasteiger partial charge in [-0.15, -0.1) is 0 Å². The van der Waals surface area contributed by atoms with Crippen LogP contribution in [0.1, 0.15) is 11.1 Å². The van der Waals surface area contributed by atoms with Gasteiger partial charge in [0.25, 0.3) is 0 Å². The Hall–Kier alpha value is -3.43. The molecular formula is C23H27N5O3S. The lowest BCUT2D eigenvalue weighted by Gasteiger charge is -2.18. The first-order chi connectivity index (χ1) is 15.3. The second kappa shape index (κ2) is 10.7. The summed E-state index contributed by atoms with van der Waals surface area (Å²) in [6.07, 6.45) is 3.34. The summed E-state index contributed by atoms with van der Waals surface area (Å²) < 4.78 is 26.9. The number of likely N-dealkylation sites (N-methyl/N-ethyl adjacent to an activating group) is 1. The number of benzene rings is 2. The van der Waals surface area contributed by atoms with Gasteiger partial charge in [0, 0.05) is 50.5 Å². The van der Waals surface area contributed by atoms with Crippen LogP contribution in [0.4, 0.5) is 16.2 Å². The topological polar surface area (TPSA) is 103 Å². The molecule has 32 heavy (non-hydrogen) atoms. The van der Waals surface area contributed by atoms with Crippen molar-refractivity contribution in [1.29, 1.82) is 0 Å². The SMILES string of the molecule is Cc1ccc(NCCN(C)S(=O)(=O)c2ccc(NC(=O)NCc3cccnc3)cc2)cc1. The Bertz CT molecular complexity index is 1120. The minimum atomic E-state index is -3.63. The van der Waals surface area contributed by atoms with Gasteiger partial charge >= 0.3 is 6.03 Å². The van der Waals surface area contributed by atoms with E-state index >= 15 is 0 Å². The fourth-order valence-electron chi connectivity index (χ4n) is 2.90. The monoisotopic (exact) mass is 453 g/mol. The van der Waals surface area contributed by atoms with Gasteiger partial charge in [-0.2, -0.15) is 4.31 Å². The fourth-order valence-corrected chi connectivity index (χ4v) is 4.07. The summed E-state index contributed by atoms with van der Waals surface area (Å²) in [5.74, 6) is 0. The molecule has 0 aliphatic heterocycles. The highest BCUT2D eigenvalue weighted by atomic mass is 32.2. The van der Waals surface area contributed by atoms with Gasteiger partial charge in [-0.3, -0.25) is 4.98 Å². The van der Waals surface area contributed by atoms with Crippen molar-refractivity contribution >= 4 is 27.4 Å². The molecule has 168 valence electrons.